The molecule has 1 heterocycles. The second-order valence-corrected chi connectivity index (χ2v) is 5.03. The normalized spacial score (nSPS) is 12.6. The first kappa shape index (κ1) is 14.2. The van der Waals surface area contributed by atoms with Crippen LogP contribution >= 0.6 is 0 Å². The first-order valence-electron chi connectivity index (χ1n) is 6.49. The van der Waals surface area contributed by atoms with Gasteiger partial charge in [0.25, 0.3) is 0 Å². The van der Waals surface area contributed by atoms with Gasteiger partial charge in [-0.15, -0.1) is 0 Å². The molecule has 5 heteroatoms. The van der Waals surface area contributed by atoms with Crippen molar-refractivity contribution in [2.24, 2.45) is 0 Å². The Labute approximate surface area is 116 Å². The number of aromatic nitrogens is 2. The number of carboxylic acid groups (broad SMARTS) is 1. The van der Waals surface area contributed by atoms with E-state index in [1.165, 1.54) is 24.3 Å². The molecule has 1 unspecified atom stereocenters. The summed E-state index contributed by atoms with van der Waals surface area (Å²) < 4.78 is 14.7. The molecular formula is C15H17FN2O2. The number of rotatable bonds is 5. The van der Waals surface area contributed by atoms with E-state index in [1.807, 2.05) is 26.1 Å². The number of carbonyl (C=O) groups is 1. The third-order valence-electron chi connectivity index (χ3n) is 3.18. The standard InChI is InChI=1S/C15H17FN2O2/c1-10(2)18-8-7-13(17-18)9-14(15(19)20)11-3-5-12(16)6-4-11/h3-8,10,14H,9H2,1-2H3,(H,19,20). The summed E-state index contributed by atoms with van der Waals surface area (Å²) in [6.07, 6.45) is 2.13. The molecule has 0 aliphatic rings. The summed E-state index contributed by atoms with van der Waals surface area (Å²) in [5, 5.41) is 13.7. The molecule has 2 aromatic rings. The van der Waals surface area contributed by atoms with Gasteiger partial charge in [0.1, 0.15) is 5.82 Å². The van der Waals surface area contributed by atoms with Gasteiger partial charge >= 0.3 is 5.97 Å². The molecule has 0 saturated heterocycles. The lowest BCUT2D eigenvalue weighted by molar-refractivity contribution is -0.138. The number of hydrogen-bond donors (Lipinski definition) is 1. The van der Waals surface area contributed by atoms with Crippen LogP contribution in [0.2, 0.25) is 0 Å². The number of aliphatic carboxylic acids is 1. The van der Waals surface area contributed by atoms with E-state index >= 15 is 0 Å². The fraction of sp³-hybridized carbons (Fsp3) is 0.333. The van der Waals surface area contributed by atoms with Crippen molar-refractivity contribution < 1.29 is 14.3 Å². The fourth-order valence-electron chi connectivity index (χ4n) is 2.03. The molecule has 0 amide bonds. The van der Waals surface area contributed by atoms with Gasteiger partial charge in [-0.2, -0.15) is 5.10 Å². The molecule has 2 rings (SSSR count). The number of nitrogens with zero attached hydrogens (tertiary/aromatic N) is 2. The predicted molar refractivity (Wildman–Crippen MR) is 73.1 cm³/mol. The van der Waals surface area contributed by atoms with Gasteiger partial charge in [-0.1, -0.05) is 12.1 Å². The Kier molecular flexibility index (Phi) is 4.17. The lowest BCUT2D eigenvalue weighted by Gasteiger charge is -2.11. The Balaban J connectivity index is 2.21. The summed E-state index contributed by atoms with van der Waals surface area (Å²) in [7, 11) is 0. The van der Waals surface area contributed by atoms with Gasteiger partial charge in [-0.25, -0.2) is 4.39 Å². The second kappa shape index (κ2) is 5.86. The lowest BCUT2D eigenvalue weighted by atomic mass is 9.94. The fourth-order valence-corrected chi connectivity index (χ4v) is 2.03. The second-order valence-electron chi connectivity index (χ2n) is 5.03. The van der Waals surface area contributed by atoms with Crippen LogP contribution < -0.4 is 0 Å². The summed E-state index contributed by atoms with van der Waals surface area (Å²) in [6.45, 7) is 4.01. The molecule has 0 aliphatic heterocycles. The van der Waals surface area contributed by atoms with Crippen LogP contribution in [0.15, 0.2) is 36.5 Å². The predicted octanol–water partition coefficient (Wildman–Crippen LogP) is 3.01. The lowest BCUT2D eigenvalue weighted by Crippen LogP contribution is -2.15. The molecule has 4 nitrogen and oxygen atoms in total. The van der Waals surface area contributed by atoms with Gasteiger partial charge in [0.05, 0.1) is 11.6 Å². The van der Waals surface area contributed by atoms with Crippen LogP contribution in [0.5, 0.6) is 0 Å². The summed E-state index contributed by atoms with van der Waals surface area (Å²) in [5.41, 5.74) is 1.30. The Hall–Kier alpha value is -2.17. The Morgan fingerprint density at radius 2 is 1.95 bits per heavy atom. The smallest absolute Gasteiger partial charge is 0.311 e. The highest BCUT2D eigenvalue weighted by molar-refractivity contribution is 5.76. The molecule has 0 spiro atoms. The van der Waals surface area contributed by atoms with Crippen LogP contribution in [-0.2, 0) is 11.2 Å². The molecule has 0 fully saturated rings. The zero-order valence-electron chi connectivity index (χ0n) is 11.5. The van der Waals surface area contributed by atoms with E-state index in [4.69, 9.17) is 0 Å². The van der Waals surface area contributed by atoms with Crippen LogP contribution in [-0.4, -0.2) is 20.9 Å². The van der Waals surface area contributed by atoms with Gasteiger partial charge in [0.15, 0.2) is 0 Å². The highest BCUT2D eigenvalue weighted by Crippen LogP contribution is 2.21. The average molecular weight is 276 g/mol. The minimum absolute atomic E-state index is 0.234. The monoisotopic (exact) mass is 276 g/mol. The van der Waals surface area contributed by atoms with Crippen molar-refractivity contribution in [3.05, 3.63) is 53.6 Å². The van der Waals surface area contributed by atoms with E-state index in [-0.39, 0.29) is 11.9 Å². The zero-order valence-corrected chi connectivity index (χ0v) is 11.5. The van der Waals surface area contributed by atoms with Gasteiger partial charge in [-0.05, 0) is 37.6 Å². The molecule has 1 aromatic carbocycles. The molecule has 20 heavy (non-hydrogen) atoms. The van der Waals surface area contributed by atoms with Crippen LogP contribution in [0.4, 0.5) is 4.39 Å². The third kappa shape index (κ3) is 3.23. The average Bonchev–Trinajstić information content (AvgIpc) is 2.86. The molecular weight excluding hydrogens is 259 g/mol. The van der Waals surface area contributed by atoms with Crippen LogP contribution in [0.3, 0.4) is 0 Å². The molecule has 0 saturated carbocycles. The number of hydrogen-bond acceptors (Lipinski definition) is 2. The molecule has 1 atom stereocenters. The molecule has 1 N–H and O–H groups in total. The molecule has 106 valence electrons. The Bertz CT molecular complexity index is 590. The van der Waals surface area contributed by atoms with Crippen molar-refractivity contribution in [3.63, 3.8) is 0 Å². The molecule has 0 bridgehead atoms. The van der Waals surface area contributed by atoms with Crippen molar-refractivity contribution in [1.82, 2.24) is 9.78 Å². The van der Waals surface area contributed by atoms with Gasteiger partial charge in [0, 0.05) is 18.7 Å². The van der Waals surface area contributed by atoms with E-state index in [2.05, 4.69) is 5.10 Å². The molecule has 0 radical (unpaired) electrons. The SMILES string of the molecule is CC(C)n1ccc(CC(C(=O)O)c2ccc(F)cc2)n1. The van der Waals surface area contributed by atoms with Crippen molar-refractivity contribution in [2.75, 3.05) is 0 Å². The first-order chi connectivity index (χ1) is 9.47. The maximum atomic E-state index is 12.9. The third-order valence-corrected chi connectivity index (χ3v) is 3.18. The van der Waals surface area contributed by atoms with Gasteiger partial charge < -0.3 is 5.11 Å². The van der Waals surface area contributed by atoms with Gasteiger partial charge in [0.2, 0.25) is 0 Å². The van der Waals surface area contributed by atoms with E-state index in [0.717, 1.165) is 5.69 Å². The number of benzene rings is 1. The largest absolute Gasteiger partial charge is 0.481 e. The maximum Gasteiger partial charge on any atom is 0.311 e. The van der Waals surface area contributed by atoms with E-state index in [9.17, 15) is 14.3 Å². The quantitative estimate of drug-likeness (QED) is 0.913. The summed E-state index contributed by atoms with van der Waals surface area (Å²) in [6, 6.07) is 7.62. The maximum absolute atomic E-state index is 12.9. The van der Waals surface area contributed by atoms with Crippen molar-refractivity contribution in [2.45, 2.75) is 32.2 Å². The minimum atomic E-state index is -0.935. The van der Waals surface area contributed by atoms with Crippen LogP contribution in [0, 0.1) is 5.82 Å². The van der Waals surface area contributed by atoms with Crippen molar-refractivity contribution >= 4 is 5.97 Å². The van der Waals surface area contributed by atoms with Crippen LogP contribution in [0.1, 0.15) is 37.1 Å². The number of halogens is 1. The van der Waals surface area contributed by atoms with Gasteiger partial charge in [-0.3, -0.25) is 9.48 Å². The minimum Gasteiger partial charge on any atom is -0.481 e. The summed E-state index contributed by atoms with van der Waals surface area (Å²) in [4.78, 5) is 11.4. The van der Waals surface area contributed by atoms with E-state index in [1.54, 1.807) is 4.68 Å². The Morgan fingerprint density at radius 3 is 2.45 bits per heavy atom. The zero-order chi connectivity index (χ0) is 14.7. The summed E-state index contributed by atoms with van der Waals surface area (Å²) >= 11 is 0. The topological polar surface area (TPSA) is 55.1 Å². The highest BCUT2D eigenvalue weighted by atomic mass is 19.1. The van der Waals surface area contributed by atoms with E-state index < -0.39 is 11.9 Å². The first-order valence-corrected chi connectivity index (χ1v) is 6.49. The van der Waals surface area contributed by atoms with Crippen molar-refractivity contribution in [3.8, 4) is 0 Å². The summed E-state index contributed by atoms with van der Waals surface area (Å²) in [5.74, 6) is -2.02. The molecule has 0 aliphatic carbocycles. The number of carboxylic acids is 1. The van der Waals surface area contributed by atoms with Crippen LogP contribution in [0.25, 0.3) is 0 Å². The Morgan fingerprint density at radius 1 is 1.30 bits per heavy atom. The van der Waals surface area contributed by atoms with Crippen molar-refractivity contribution in [1.29, 1.82) is 0 Å². The highest BCUT2D eigenvalue weighted by Gasteiger charge is 2.21. The van der Waals surface area contributed by atoms with E-state index in [0.29, 0.717) is 12.0 Å². The molecule has 1 aromatic heterocycles.